The summed E-state index contributed by atoms with van der Waals surface area (Å²) in [5.74, 6) is 0.951. The van der Waals surface area contributed by atoms with Crippen LogP contribution >= 0.6 is 12.6 Å². The number of hydrogen-bond donors (Lipinski definition) is 1. The molecule has 0 heterocycles. The predicted octanol–water partition coefficient (Wildman–Crippen LogP) is -0.171. The molecule has 3 heteroatoms. The molecular weight excluding hydrogens is 117 g/mol. The van der Waals surface area contributed by atoms with Crippen LogP contribution in [0.25, 0.3) is 0 Å². The molecule has 0 rings (SSSR count). The van der Waals surface area contributed by atoms with Crippen LogP contribution < -0.4 is 0 Å². The van der Waals surface area contributed by atoms with Gasteiger partial charge in [-0.15, -0.1) is 0 Å². The first-order valence-electron chi connectivity index (χ1n) is 2.03. The Morgan fingerprint density at radius 1 is 1.43 bits per heavy atom. The third kappa shape index (κ3) is 11.1. The summed E-state index contributed by atoms with van der Waals surface area (Å²) in [6.45, 7) is 1.07. The monoisotopic (exact) mass is 129 g/mol. The Morgan fingerprint density at radius 2 is 1.86 bits per heavy atom. The molecule has 7 heavy (non-hydrogen) atoms. The molecule has 0 saturated carbocycles. The van der Waals surface area contributed by atoms with Crippen LogP contribution in [0.4, 0.5) is 0 Å². The SMILES string of the molecule is CN(C)CCS.[NaH]. The van der Waals surface area contributed by atoms with Crippen molar-refractivity contribution in [2.75, 3.05) is 26.4 Å². The molecule has 0 aliphatic carbocycles. The molecule has 0 N–H and O–H groups in total. The van der Waals surface area contributed by atoms with E-state index in [1.807, 2.05) is 14.1 Å². The van der Waals surface area contributed by atoms with Gasteiger partial charge in [-0.25, -0.2) is 0 Å². The van der Waals surface area contributed by atoms with Gasteiger partial charge < -0.3 is 4.90 Å². The Morgan fingerprint density at radius 3 is 1.86 bits per heavy atom. The van der Waals surface area contributed by atoms with E-state index in [1.165, 1.54) is 0 Å². The number of nitrogens with zero attached hydrogens (tertiary/aromatic N) is 1. The zero-order valence-corrected chi connectivity index (χ0v) is 5.20. The third-order valence-electron chi connectivity index (χ3n) is 0.547. The van der Waals surface area contributed by atoms with Crippen molar-refractivity contribution in [3.63, 3.8) is 0 Å². The summed E-state index contributed by atoms with van der Waals surface area (Å²) in [6, 6.07) is 0. The van der Waals surface area contributed by atoms with Crippen LogP contribution in [-0.2, 0) is 0 Å². The molecule has 0 atom stereocenters. The van der Waals surface area contributed by atoms with Gasteiger partial charge >= 0.3 is 29.6 Å². The van der Waals surface area contributed by atoms with Gasteiger partial charge in [0.2, 0.25) is 0 Å². The van der Waals surface area contributed by atoms with Gasteiger partial charge in [0, 0.05) is 12.3 Å². The van der Waals surface area contributed by atoms with E-state index in [1.54, 1.807) is 0 Å². The molecule has 0 amide bonds. The van der Waals surface area contributed by atoms with Crippen molar-refractivity contribution < 1.29 is 0 Å². The van der Waals surface area contributed by atoms with E-state index in [-0.39, 0.29) is 29.6 Å². The summed E-state index contributed by atoms with van der Waals surface area (Å²) in [7, 11) is 4.08. The molecule has 40 valence electrons. The van der Waals surface area contributed by atoms with E-state index in [4.69, 9.17) is 0 Å². The first kappa shape index (κ1) is 11.2. The average Bonchev–Trinajstić information content (AvgIpc) is 1.35. The van der Waals surface area contributed by atoms with E-state index in [2.05, 4.69) is 17.5 Å². The third-order valence-corrected chi connectivity index (χ3v) is 0.747. The molecule has 0 aromatic carbocycles. The molecule has 0 aromatic rings. The van der Waals surface area contributed by atoms with Gasteiger partial charge in [0.15, 0.2) is 0 Å². The Labute approximate surface area is 73.2 Å². The average molecular weight is 129 g/mol. The molecule has 0 aliphatic heterocycles. The molecule has 0 aliphatic rings. The second-order valence-corrected chi connectivity index (χ2v) is 1.97. The Kier molecular flexibility index (Phi) is 11.6. The fourth-order valence-corrected chi connectivity index (χ4v) is 0.600. The van der Waals surface area contributed by atoms with Gasteiger partial charge in [-0.3, -0.25) is 0 Å². The fourth-order valence-electron chi connectivity index (χ4n) is 0.200. The summed E-state index contributed by atoms with van der Waals surface area (Å²) in [5.41, 5.74) is 0. The number of thiol groups is 1. The minimum atomic E-state index is 0. The van der Waals surface area contributed by atoms with Crippen LogP contribution in [0.15, 0.2) is 0 Å². The second-order valence-electron chi connectivity index (χ2n) is 1.53. The fraction of sp³-hybridized carbons (Fsp3) is 1.00. The number of hydrogen-bond acceptors (Lipinski definition) is 2. The summed E-state index contributed by atoms with van der Waals surface area (Å²) in [4.78, 5) is 2.10. The van der Waals surface area contributed by atoms with E-state index in [9.17, 15) is 0 Å². The Bertz CT molecular complexity index is 32.9. The van der Waals surface area contributed by atoms with Crippen molar-refractivity contribution in [2.45, 2.75) is 0 Å². The summed E-state index contributed by atoms with van der Waals surface area (Å²) in [5, 5.41) is 0. The van der Waals surface area contributed by atoms with Crippen LogP contribution in [0.1, 0.15) is 0 Å². The van der Waals surface area contributed by atoms with Crippen molar-refractivity contribution in [2.24, 2.45) is 0 Å². The van der Waals surface area contributed by atoms with Crippen molar-refractivity contribution in [3.8, 4) is 0 Å². The molecule has 0 saturated heterocycles. The topological polar surface area (TPSA) is 3.24 Å². The molecule has 0 unspecified atom stereocenters. The van der Waals surface area contributed by atoms with Crippen molar-refractivity contribution in [1.82, 2.24) is 4.90 Å². The summed E-state index contributed by atoms with van der Waals surface area (Å²) >= 11 is 4.02. The van der Waals surface area contributed by atoms with E-state index in [0.717, 1.165) is 12.3 Å². The molecular formula is C4H12NNaS. The summed E-state index contributed by atoms with van der Waals surface area (Å²) < 4.78 is 0. The van der Waals surface area contributed by atoms with Crippen LogP contribution in [0.3, 0.4) is 0 Å². The molecule has 0 spiro atoms. The maximum atomic E-state index is 4.02. The molecule has 0 radical (unpaired) electrons. The van der Waals surface area contributed by atoms with E-state index >= 15 is 0 Å². The minimum absolute atomic E-state index is 0. The van der Waals surface area contributed by atoms with Gasteiger partial charge in [-0.1, -0.05) is 0 Å². The van der Waals surface area contributed by atoms with Gasteiger partial charge in [0.25, 0.3) is 0 Å². The van der Waals surface area contributed by atoms with Crippen molar-refractivity contribution >= 4 is 42.2 Å². The normalized spacial score (nSPS) is 8.57. The maximum absolute atomic E-state index is 4.02. The Balaban J connectivity index is 0. The Hall–Kier alpha value is 1.31. The molecule has 0 bridgehead atoms. The first-order chi connectivity index (χ1) is 2.77. The van der Waals surface area contributed by atoms with Crippen LogP contribution in [-0.4, -0.2) is 60.9 Å². The van der Waals surface area contributed by atoms with Gasteiger partial charge in [-0.05, 0) is 14.1 Å². The van der Waals surface area contributed by atoms with E-state index < -0.39 is 0 Å². The molecule has 0 fully saturated rings. The van der Waals surface area contributed by atoms with Crippen LogP contribution in [0.2, 0.25) is 0 Å². The molecule has 0 aromatic heterocycles. The van der Waals surface area contributed by atoms with Gasteiger partial charge in [0.1, 0.15) is 0 Å². The van der Waals surface area contributed by atoms with Gasteiger partial charge in [0.05, 0.1) is 0 Å². The zero-order chi connectivity index (χ0) is 4.99. The second kappa shape index (κ2) is 7.31. The van der Waals surface area contributed by atoms with Gasteiger partial charge in [-0.2, -0.15) is 12.6 Å². The quantitative estimate of drug-likeness (QED) is 0.400. The standard InChI is InChI=1S/C4H11NS.Na.H/c1-5(2)3-4-6;;/h6H,3-4H2,1-2H3;;. The summed E-state index contributed by atoms with van der Waals surface area (Å²) in [6.07, 6.45) is 0. The van der Waals surface area contributed by atoms with Crippen LogP contribution in [0.5, 0.6) is 0 Å². The molecule has 1 nitrogen and oxygen atoms in total. The predicted molar refractivity (Wildman–Crippen MR) is 39.6 cm³/mol. The van der Waals surface area contributed by atoms with Crippen molar-refractivity contribution in [1.29, 1.82) is 0 Å². The zero-order valence-electron chi connectivity index (χ0n) is 4.31. The van der Waals surface area contributed by atoms with Crippen LogP contribution in [0, 0.1) is 0 Å². The van der Waals surface area contributed by atoms with Crippen molar-refractivity contribution in [3.05, 3.63) is 0 Å². The number of rotatable bonds is 2. The first-order valence-corrected chi connectivity index (χ1v) is 2.66. The van der Waals surface area contributed by atoms with E-state index in [0.29, 0.717) is 0 Å².